The Kier molecular flexibility index (Phi) is 6.78. The highest BCUT2D eigenvalue weighted by atomic mass is 19.4. The largest absolute Gasteiger partial charge is 0.413 e. The molecule has 2 fully saturated rings. The minimum Gasteiger partial charge on any atom is -0.317 e. The maximum absolute atomic E-state index is 13.5. The van der Waals surface area contributed by atoms with Gasteiger partial charge in [-0.1, -0.05) is 19.3 Å². The van der Waals surface area contributed by atoms with Crippen LogP contribution < -0.4 is 5.32 Å². The number of nitrogens with one attached hydrogen (secondary N) is 1. The van der Waals surface area contributed by atoms with Crippen molar-refractivity contribution in [1.29, 1.82) is 0 Å². The topological polar surface area (TPSA) is 15.3 Å². The molecule has 0 aromatic rings. The van der Waals surface area contributed by atoms with E-state index in [-0.39, 0.29) is 6.42 Å². The van der Waals surface area contributed by atoms with Crippen molar-refractivity contribution >= 4 is 0 Å². The highest BCUT2D eigenvalue weighted by molar-refractivity contribution is 5.29. The average Bonchev–Trinajstić information content (AvgIpc) is 2.63. The molecule has 1 saturated carbocycles. The van der Waals surface area contributed by atoms with Crippen molar-refractivity contribution in [3.63, 3.8) is 0 Å². The van der Waals surface area contributed by atoms with Crippen LogP contribution in [-0.4, -0.2) is 43.3 Å². The molecular formula is C20H30F4N2. The fourth-order valence-electron chi connectivity index (χ4n) is 4.72. The van der Waals surface area contributed by atoms with E-state index in [0.29, 0.717) is 24.6 Å². The molecule has 1 unspecified atom stereocenters. The van der Waals surface area contributed by atoms with Crippen LogP contribution >= 0.6 is 0 Å². The van der Waals surface area contributed by atoms with Gasteiger partial charge in [-0.25, -0.2) is 4.39 Å². The summed E-state index contributed by atoms with van der Waals surface area (Å²) in [6.07, 6.45) is 5.76. The van der Waals surface area contributed by atoms with Crippen molar-refractivity contribution in [3.05, 3.63) is 23.6 Å². The molecule has 1 aliphatic heterocycles. The van der Waals surface area contributed by atoms with E-state index in [2.05, 4.69) is 10.2 Å². The zero-order valence-corrected chi connectivity index (χ0v) is 15.3. The summed E-state index contributed by atoms with van der Waals surface area (Å²) in [6, 6.07) is 0.336. The lowest BCUT2D eigenvalue weighted by molar-refractivity contribution is -0.101. The van der Waals surface area contributed by atoms with E-state index in [0.717, 1.165) is 32.5 Å². The van der Waals surface area contributed by atoms with Crippen LogP contribution in [0.25, 0.3) is 0 Å². The number of alkyl halides is 3. The maximum Gasteiger partial charge on any atom is 0.413 e. The van der Waals surface area contributed by atoms with Gasteiger partial charge in [0.25, 0.3) is 0 Å². The number of halogens is 4. The molecule has 1 N–H and O–H groups in total. The van der Waals surface area contributed by atoms with Gasteiger partial charge in [-0.3, -0.25) is 4.90 Å². The van der Waals surface area contributed by atoms with Crippen LogP contribution in [0.2, 0.25) is 0 Å². The molecule has 1 atom stereocenters. The van der Waals surface area contributed by atoms with Crippen molar-refractivity contribution in [2.45, 2.75) is 63.6 Å². The number of piperidine rings is 1. The third kappa shape index (κ3) is 5.32. The van der Waals surface area contributed by atoms with Crippen LogP contribution in [0.15, 0.2) is 23.6 Å². The second kappa shape index (κ2) is 8.87. The Morgan fingerprint density at radius 3 is 2.35 bits per heavy atom. The lowest BCUT2D eigenvalue weighted by Gasteiger charge is -2.40. The molecule has 1 saturated heterocycles. The second-order valence-corrected chi connectivity index (χ2v) is 8.06. The molecule has 148 valence electrons. The maximum atomic E-state index is 13.5. The second-order valence-electron chi connectivity index (χ2n) is 8.06. The Labute approximate surface area is 153 Å². The molecule has 0 aromatic carbocycles. The average molecular weight is 374 g/mol. The molecule has 26 heavy (non-hydrogen) atoms. The number of allylic oxidation sites excluding steroid dienone is 3. The first kappa shape index (κ1) is 19.9. The SMILES string of the molecule is FC1=CCC(CN(CC2CCCCC2)C2CCNCC2)C(C(F)(F)F)=C1. The first-order valence-electron chi connectivity index (χ1n) is 10.0. The summed E-state index contributed by atoms with van der Waals surface area (Å²) in [5.74, 6) is -0.824. The summed E-state index contributed by atoms with van der Waals surface area (Å²) in [5.41, 5.74) is -0.694. The Morgan fingerprint density at radius 1 is 1.00 bits per heavy atom. The van der Waals surface area contributed by atoms with Crippen molar-refractivity contribution in [2.24, 2.45) is 11.8 Å². The molecule has 2 nitrogen and oxygen atoms in total. The van der Waals surface area contributed by atoms with Gasteiger partial charge < -0.3 is 5.32 Å². The lowest BCUT2D eigenvalue weighted by atomic mass is 9.86. The fourth-order valence-corrected chi connectivity index (χ4v) is 4.72. The predicted octanol–water partition coefficient (Wildman–Crippen LogP) is 4.98. The highest BCUT2D eigenvalue weighted by Crippen LogP contribution is 2.38. The Morgan fingerprint density at radius 2 is 1.69 bits per heavy atom. The fraction of sp³-hybridized carbons (Fsp3) is 0.800. The van der Waals surface area contributed by atoms with Crippen LogP contribution in [-0.2, 0) is 0 Å². The Balaban J connectivity index is 1.72. The van der Waals surface area contributed by atoms with Crippen LogP contribution in [0.1, 0.15) is 51.4 Å². The van der Waals surface area contributed by atoms with Crippen LogP contribution in [0.5, 0.6) is 0 Å². The van der Waals surface area contributed by atoms with E-state index in [1.165, 1.54) is 38.2 Å². The molecule has 1 heterocycles. The molecule has 3 aliphatic rings. The Bertz CT molecular complexity index is 514. The van der Waals surface area contributed by atoms with Gasteiger partial charge in [0, 0.05) is 30.6 Å². The van der Waals surface area contributed by atoms with Crippen molar-refractivity contribution in [1.82, 2.24) is 10.2 Å². The smallest absolute Gasteiger partial charge is 0.317 e. The minimum atomic E-state index is -4.46. The third-order valence-electron chi connectivity index (χ3n) is 6.16. The molecule has 0 bridgehead atoms. The summed E-state index contributed by atoms with van der Waals surface area (Å²) in [7, 11) is 0. The monoisotopic (exact) mass is 374 g/mol. The molecule has 0 spiro atoms. The zero-order valence-electron chi connectivity index (χ0n) is 15.3. The number of nitrogens with zero attached hydrogens (tertiary/aromatic N) is 1. The molecule has 2 aliphatic carbocycles. The van der Waals surface area contributed by atoms with Gasteiger partial charge in [0.05, 0.1) is 0 Å². The van der Waals surface area contributed by atoms with Gasteiger partial charge in [-0.15, -0.1) is 0 Å². The standard InChI is InChI=1S/C20H30F4N2/c21-17-7-6-16(19(12-17)20(22,23)24)14-26(18-8-10-25-11-9-18)13-15-4-2-1-3-5-15/h7,12,15-16,18,25H,1-6,8-11,13-14H2. The first-order valence-corrected chi connectivity index (χ1v) is 10.0. The summed E-state index contributed by atoms with van der Waals surface area (Å²) in [6.45, 7) is 3.12. The van der Waals surface area contributed by atoms with E-state index in [9.17, 15) is 17.6 Å². The number of hydrogen-bond donors (Lipinski definition) is 1. The lowest BCUT2D eigenvalue weighted by Crippen LogP contribution is -2.48. The van der Waals surface area contributed by atoms with Crippen LogP contribution in [0, 0.1) is 11.8 Å². The first-order chi connectivity index (χ1) is 12.4. The number of rotatable bonds is 5. The van der Waals surface area contributed by atoms with Crippen molar-refractivity contribution in [3.8, 4) is 0 Å². The summed E-state index contributed by atoms with van der Waals surface area (Å²) in [5, 5.41) is 3.34. The normalized spacial score (nSPS) is 26.7. The zero-order chi connectivity index (χ0) is 18.6. The van der Waals surface area contributed by atoms with Crippen molar-refractivity contribution < 1.29 is 17.6 Å². The van der Waals surface area contributed by atoms with Gasteiger partial charge in [-0.2, -0.15) is 13.2 Å². The van der Waals surface area contributed by atoms with E-state index in [1.807, 2.05) is 0 Å². The van der Waals surface area contributed by atoms with Gasteiger partial charge in [0.2, 0.25) is 0 Å². The van der Waals surface area contributed by atoms with Gasteiger partial charge in [0.1, 0.15) is 5.83 Å². The molecule has 3 rings (SSSR count). The van der Waals surface area contributed by atoms with E-state index in [4.69, 9.17) is 0 Å². The van der Waals surface area contributed by atoms with E-state index in [1.54, 1.807) is 0 Å². The molecule has 0 radical (unpaired) electrons. The van der Waals surface area contributed by atoms with Crippen LogP contribution in [0.3, 0.4) is 0 Å². The van der Waals surface area contributed by atoms with E-state index < -0.39 is 23.5 Å². The van der Waals surface area contributed by atoms with Gasteiger partial charge in [0.15, 0.2) is 0 Å². The minimum absolute atomic E-state index is 0.142. The third-order valence-corrected chi connectivity index (χ3v) is 6.16. The molecule has 0 aromatic heterocycles. The van der Waals surface area contributed by atoms with Crippen molar-refractivity contribution in [2.75, 3.05) is 26.2 Å². The van der Waals surface area contributed by atoms with E-state index >= 15 is 0 Å². The number of hydrogen-bond acceptors (Lipinski definition) is 2. The summed E-state index contributed by atoms with van der Waals surface area (Å²) in [4.78, 5) is 2.30. The van der Waals surface area contributed by atoms with Gasteiger partial charge in [-0.05, 0) is 63.3 Å². The van der Waals surface area contributed by atoms with Gasteiger partial charge >= 0.3 is 6.18 Å². The molecule has 0 amide bonds. The molecule has 6 heteroatoms. The predicted molar refractivity (Wildman–Crippen MR) is 95.5 cm³/mol. The molecular weight excluding hydrogens is 344 g/mol. The quantitative estimate of drug-likeness (QED) is 0.683. The van der Waals surface area contributed by atoms with Crippen LogP contribution in [0.4, 0.5) is 17.6 Å². The summed E-state index contributed by atoms with van der Waals surface area (Å²) < 4.78 is 53.7. The summed E-state index contributed by atoms with van der Waals surface area (Å²) >= 11 is 0. The Hall–Kier alpha value is -0.880. The highest BCUT2D eigenvalue weighted by Gasteiger charge is 2.41.